The van der Waals surface area contributed by atoms with E-state index in [1.807, 2.05) is 36.6 Å². The van der Waals surface area contributed by atoms with E-state index in [1.54, 1.807) is 26.0 Å². The van der Waals surface area contributed by atoms with Crippen LogP contribution in [-0.2, 0) is 16.0 Å². The van der Waals surface area contributed by atoms with Gasteiger partial charge in [-0.3, -0.25) is 9.59 Å². The van der Waals surface area contributed by atoms with Crippen LogP contribution in [0, 0.1) is 0 Å². The second-order valence-electron chi connectivity index (χ2n) is 7.74. The fraction of sp³-hybridized carbons (Fsp3) is 0.417. The summed E-state index contributed by atoms with van der Waals surface area (Å²) in [6.07, 6.45) is 2.88. The number of hydrogen-bond acceptors (Lipinski definition) is 6. The van der Waals surface area contributed by atoms with Gasteiger partial charge in [-0.05, 0) is 54.3 Å². The number of methoxy groups -OCH3 is 2. The molecule has 2 N–H and O–H groups in total. The maximum absolute atomic E-state index is 12.6. The summed E-state index contributed by atoms with van der Waals surface area (Å²) in [6.45, 7) is 1.73. The molecule has 1 heterocycles. The molecule has 0 aliphatic carbocycles. The Balaban J connectivity index is 1.71. The fourth-order valence-corrected chi connectivity index (χ4v) is 4.54. The van der Waals surface area contributed by atoms with Gasteiger partial charge in [0.15, 0.2) is 0 Å². The molecule has 1 aliphatic rings. The standard InChI is InChI=1S/C24H29ClN2O5S/c1-14(28)27-21(7-8-33-4)24(29)26-13-18-10-16-9-15(11-20(25)23(16)32-18)19-12-17(30-2)5-6-22(19)31-3/h5-6,9,11-12,18,21H,7-8,10,13H2,1-4H3,(H,26,29)(H,27,28)/t18-,21+/m1/s1. The van der Waals surface area contributed by atoms with E-state index in [-0.39, 0.29) is 17.9 Å². The van der Waals surface area contributed by atoms with Gasteiger partial charge in [-0.2, -0.15) is 11.8 Å². The Hall–Kier alpha value is -2.58. The molecule has 3 rings (SSSR count). The third-order valence-electron chi connectivity index (χ3n) is 5.38. The predicted octanol–water partition coefficient (Wildman–Crippen LogP) is 3.70. The fourth-order valence-electron chi connectivity index (χ4n) is 3.78. The first-order valence-electron chi connectivity index (χ1n) is 10.6. The molecule has 0 saturated carbocycles. The quantitative estimate of drug-likeness (QED) is 0.526. The number of hydrogen-bond donors (Lipinski definition) is 2. The number of carbonyl (C=O) groups excluding carboxylic acids is 2. The molecule has 1 aliphatic heterocycles. The lowest BCUT2D eigenvalue weighted by atomic mass is 9.99. The molecule has 2 atom stereocenters. The molecule has 33 heavy (non-hydrogen) atoms. The highest BCUT2D eigenvalue weighted by molar-refractivity contribution is 7.98. The van der Waals surface area contributed by atoms with Gasteiger partial charge >= 0.3 is 0 Å². The number of amides is 2. The molecule has 0 fully saturated rings. The first-order chi connectivity index (χ1) is 15.9. The van der Waals surface area contributed by atoms with E-state index in [0.29, 0.717) is 35.9 Å². The lowest BCUT2D eigenvalue weighted by molar-refractivity contribution is -0.128. The molecule has 0 bridgehead atoms. The van der Waals surface area contributed by atoms with E-state index >= 15 is 0 Å². The van der Waals surface area contributed by atoms with Crippen LogP contribution in [0.5, 0.6) is 17.2 Å². The van der Waals surface area contributed by atoms with Crippen molar-refractivity contribution in [3.05, 3.63) is 40.9 Å². The van der Waals surface area contributed by atoms with E-state index in [2.05, 4.69) is 10.6 Å². The summed E-state index contributed by atoms with van der Waals surface area (Å²) in [5.41, 5.74) is 2.72. The SMILES string of the molecule is COc1ccc(OC)c(-c2cc(Cl)c3c(c2)C[C@H](CNC(=O)[C@H](CCSC)NC(C)=O)O3)c1. The number of nitrogens with one attached hydrogen (secondary N) is 2. The van der Waals surface area contributed by atoms with E-state index in [4.69, 9.17) is 25.8 Å². The van der Waals surface area contributed by atoms with Gasteiger partial charge in [-0.25, -0.2) is 0 Å². The lowest BCUT2D eigenvalue weighted by Crippen LogP contribution is -2.48. The van der Waals surface area contributed by atoms with Crippen molar-refractivity contribution < 1.29 is 23.8 Å². The number of fused-ring (bicyclic) bond motifs is 1. The Kier molecular flexibility index (Phi) is 8.74. The second-order valence-corrected chi connectivity index (χ2v) is 9.13. The smallest absolute Gasteiger partial charge is 0.242 e. The van der Waals surface area contributed by atoms with Crippen LogP contribution in [0.4, 0.5) is 0 Å². The molecule has 7 nitrogen and oxygen atoms in total. The summed E-state index contributed by atoms with van der Waals surface area (Å²) in [5.74, 6) is 2.39. The molecular weight excluding hydrogens is 464 g/mol. The van der Waals surface area contributed by atoms with Gasteiger partial charge in [0.25, 0.3) is 0 Å². The van der Waals surface area contributed by atoms with Crippen LogP contribution in [0.15, 0.2) is 30.3 Å². The molecule has 0 saturated heterocycles. The van der Waals surface area contributed by atoms with Crippen LogP contribution in [0.2, 0.25) is 5.02 Å². The zero-order valence-electron chi connectivity index (χ0n) is 19.2. The topological polar surface area (TPSA) is 85.9 Å². The predicted molar refractivity (Wildman–Crippen MR) is 132 cm³/mol. The third kappa shape index (κ3) is 6.26. The van der Waals surface area contributed by atoms with E-state index in [0.717, 1.165) is 28.2 Å². The summed E-state index contributed by atoms with van der Waals surface area (Å²) in [4.78, 5) is 24.1. The number of rotatable bonds is 10. The minimum atomic E-state index is -0.561. The average Bonchev–Trinajstić information content (AvgIpc) is 3.23. The Bertz CT molecular complexity index is 1020. The maximum atomic E-state index is 12.6. The molecule has 178 valence electrons. The van der Waals surface area contributed by atoms with Crippen LogP contribution < -0.4 is 24.8 Å². The highest BCUT2D eigenvalue weighted by Gasteiger charge is 2.28. The summed E-state index contributed by atoms with van der Waals surface area (Å²) < 4.78 is 16.9. The number of thioether (sulfide) groups is 1. The molecule has 0 aromatic heterocycles. The minimum absolute atomic E-state index is 0.216. The largest absolute Gasteiger partial charge is 0.497 e. The molecule has 0 radical (unpaired) electrons. The molecule has 2 aromatic rings. The molecular formula is C24H29ClN2O5S. The third-order valence-corrected chi connectivity index (χ3v) is 6.30. The Morgan fingerprint density at radius 2 is 2.03 bits per heavy atom. The molecule has 2 aromatic carbocycles. The summed E-state index contributed by atoms with van der Waals surface area (Å²) in [6, 6.07) is 8.90. The van der Waals surface area contributed by atoms with Crippen molar-refractivity contribution in [1.82, 2.24) is 10.6 Å². The van der Waals surface area contributed by atoms with Gasteiger partial charge in [-0.15, -0.1) is 0 Å². The zero-order chi connectivity index (χ0) is 24.0. The van der Waals surface area contributed by atoms with E-state index in [9.17, 15) is 9.59 Å². The Labute approximate surface area is 203 Å². The van der Waals surface area contributed by atoms with Gasteiger partial charge in [0.2, 0.25) is 11.8 Å². The maximum Gasteiger partial charge on any atom is 0.242 e. The van der Waals surface area contributed by atoms with Gasteiger partial charge in [-0.1, -0.05) is 11.6 Å². The first kappa shape index (κ1) is 25.1. The van der Waals surface area contributed by atoms with Gasteiger partial charge in [0.05, 0.1) is 25.8 Å². The summed E-state index contributed by atoms with van der Waals surface area (Å²) in [7, 11) is 3.24. The minimum Gasteiger partial charge on any atom is -0.497 e. The number of benzene rings is 2. The summed E-state index contributed by atoms with van der Waals surface area (Å²) >= 11 is 8.18. The summed E-state index contributed by atoms with van der Waals surface area (Å²) in [5, 5.41) is 6.12. The Morgan fingerprint density at radius 1 is 1.24 bits per heavy atom. The van der Waals surface area contributed by atoms with E-state index < -0.39 is 6.04 Å². The normalized spacial score (nSPS) is 15.2. The Morgan fingerprint density at radius 3 is 2.70 bits per heavy atom. The first-order valence-corrected chi connectivity index (χ1v) is 12.4. The second kappa shape index (κ2) is 11.5. The highest BCUT2D eigenvalue weighted by atomic mass is 35.5. The van der Waals surface area contributed by atoms with Crippen molar-refractivity contribution in [2.45, 2.75) is 31.9 Å². The molecule has 0 unspecified atom stereocenters. The van der Waals surface area contributed by atoms with Crippen LogP contribution in [-0.4, -0.2) is 56.7 Å². The van der Waals surface area contributed by atoms with Gasteiger partial charge < -0.3 is 24.8 Å². The van der Waals surface area contributed by atoms with Crippen molar-refractivity contribution >= 4 is 35.2 Å². The molecule has 2 amide bonds. The zero-order valence-corrected chi connectivity index (χ0v) is 20.8. The number of carbonyl (C=O) groups is 2. The van der Waals surface area contributed by atoms with E-state index in [1.165, 1.54) is 6.92 Å². The van der Waals surface area contributed by atoms with Gasteiger partial charge in [0.1, 0.15) is 29.4 Å². The van der Waals surface area contributed by atoms with Crippen LogP contribution >= 0.6 is 23.4 Å². The van der Waals surface area contributed by atoms with Crippen molar-refractivity contribution in [3.63, 3.8) is 0 Å². The number of halogens is 1. The van der Waals surface area contributed by atoms with Crippen molar-refractivity contribution in [2.75, 3.05) is 32.8 Å². The highest BCUT2D eigenvalue weighted by Crippen LogP contribution is 2.42. The van der Waals surface area contributed by atoms with Crippen LogP contribution in [0.1, 0.15) is 18.9 Å². The van der Waals surface area contributed by atoms with Crippen molar-refractivity contribution in [2.24, 2.45) is 0 Å². The van der Waals surface area contributed by atoms with Crippen LogP contribution in [0.25, 0.3) is 11.1 Å². The molecule has 0 spiro atoms. The van der Waals surface area contributed by atoms with Crippen molar-refractivity contribution in [3.8, 4) is 28.4 Å². The molecule has 9 heteroatoms. The number of ether oxygens (including phenoxy) is 3. The average molecular weight is 493 g/mol. The monoisotopic (exact) mass is 492 g/mol. The lowest BCUT2D eigenvalue weighted by Gasteiger charge is -2.19. The van der Waals surface area contributed by atoms with Crippen LogP contribution in [0.3, 0.4) is 0 Å². The van der Waals surface area contributed by atoms with Gasteiger partial charge in [0, 0.05) is 24.5 Å². The van der Waals surface area contributed by atoms with Crippen molar-refractivity contribution in [1.29, 1.82) is 0 Å².